The van der Waals surface area contributed by atoms with E-state index in [0.717, 1.165) is 36.2 Å². The molecule has 0 aliphatic carbocycles. The van der Waals surface area contributed by atoms with E-state index in [4.69, 9.17) is 5.73 Å². The van der Waals surface area contributed by atoms with E-state index in [0.29, 0.717) is 5.69 Å². The summed E-state index contributed by atoms with van der Waals surface area (Å²) < 4.78 is 0. The summed E-state index contributed by atoms with van der Waals surface area (Å²) in [5, 5.41) is 11.5. The molecule has 5 nitrogen and oxygen atoms in total. The number of nitrogens with one attached hydrogen (secondary N) is 1. The molecule has 0 radical (unpaired) electrons. The summed E-state index contributed by atoms with van der Waals surface area (Å²) in [6, 6.07) is 9.47. The van der Waals surface area contributed by atoms with Crippen molar-refractivity contribution in [2.24, 2.45) is 5.73 Å². The average molecular weight is 268 g/mol. The molecule has 102 valence electrons. The van der Waals surface area contributed by atoms with Crippen molar-refractivity contribution >= 4 is 11.6 Å². The molecular weight excluding hydrogens is 252 g/mol. The molecule has 1 unspecified atom stereocenters. The zero-order chi connectivity index (χ0) is 13.9. The Hall–Kier alpha value is -2.43. The highest BCUT2D eigenvalue weighted by atomic mass is 16.1. The van der Waals surface area contributed by atoms with E-state index in [-0.39, 0.29) is 0 Å². The fourth-order valence-corrected chi connectivity index (χ4v) is 2.63. The van der Waals surface area contributed by atoms with Gasteiger partial charge in [0.1, 0.15) is 11.6 Å². The molecule has 0 saturated carbocycles. The Labute approximate surface area is 117 Å². The minimum atomic E-state index is -0.566. The molecule has 1 aromatic heterocycles. The molecular formula is C15H16N4O. The van der Waals surface area contributed by atoms with E-state index in [1.54, 1.807) is 6.20 Å². The van der Waals surface area contributed by atoms with E-state index in [9.17, 15) is 4.79 Å². The highest BCUT2D eigenvalue weighted by Crippen LogP contribution is 2.32. The lowest BCUT2D eigenvalue weighted by Gasteiger charge is -2.23. The predicted molar refractivity (Wildman–Crippen MR) is 76.3 cm³/mol. The summed E-state index contributed by atoms with van der Waals surface area (Å²) in [6.07, 6.45) is 3.77. The molecule has 2 aromatic rings. The lowest BCUT2D eigenvalue weighted by molar-refractivity contribution is -0.118. The van der Waals surface area contributed by atoms with Crippen LogP contribution < -0.4 is 11.1 Å². The van der Waals surface area contributed by atoms with Crippen LogP contribution in [0.1, 0.15) is 29.2 Å². The van der Waals surface area contributed by atoms with E-state index in [1.165, 1.54) is 0 Å². The van der Waals surface area contributed by atoms with Gasteiger partial charge in [-0.15, -0.1) is 0 Å². The summed E-state index contributed by atoms with van der Waals surface area (Å²) in [7, 11) is 0. The Balaban J connectivity index is 2.11. The number of hydrogen-bond acceptors (Lipinski definition) is 4. The highest BCUT2D eigenvalue weighted by Gasteiger charge is 2.27. The van der Waals surface area contributed by atoms with Gasteiger partial charge in [0.05, 0.1) is 11.9 Å². The molecule has 1 atom stereocenters. The third kappa shape index (κ3) is 2.22. The number of aryl methyl sites for hydroxylation is 1. The van der Waals surface area contributed by atoms with E-state index >= 15 is 0 Å². The third-order valence-electron chi connectivity index (χ3n) is 3.57. The first-order valence-electron chi connectivity index (χ1n) is 6.70. The molecule has 0 saturated heterocycles. The minimum absolute atomic E-state index is 0.411. The maximum Gasteiger partial charge on any atom is 0.231 e. The summed E-state index contributed by atoms with van der Waals surface area (Å²) in [5.74, 6) is -0.976. The number of primary amides is 1. The first-order valence-corrected chi connectivity index (χ1v) is 6.70. The normalized spacial score (nSPS) is 15.0. The van der Waals surface area contributed by atoms with E-state index in [1.807, 2.05) is 30.3 Å². The van der Waals surface area contributed by atoms with Crippen LogP contribution in [-0.2, 0) is 11.2 Å². The van der Waals surface area contributed by atoms with Gasteiger partial charge in [-0.3, -0.25) is 4.79 Å². The molecule has 3 N–H and O–H groups in total. The van der Waals surface area contributed by atoms with Crippen LogP contribution in [-0.4, -0.2) is 22.6 Å². The third-order valence-corrected chi connectivity index (χ3v) is 3.57. The second kappa shape index (κ2) is 5.28. The maximum atomic E-state index is 11.9. The van der Waals surface area contributed by atoms with Crippen molar-refractivity contribution in [3.8, 4) is 0 Å². The predicted octanol–water partition coefficient (Wildman–Crippen LogP) is 1.45. The second-order valence-electron chi connectivity index (χ2n) is 4.91. The number of anilines is 1. The molecule has 2 heterocycles. The summed E-state index contributed by atoms with van der Waals surface area (Å²) >= 11 is 0. The number of amides is 1. The Morgan fingerprint density at radius 1 is 1.30 bits per heavy atom. The number of aromatic nitrogens is 2. The van der Waals surface area contributed by atoms with Crippen molar-refractivity contribution in [1.82, 2.24) is 10.2 Å². The number of fused-ring (bicyclic) bond motifs is 1. The Morgan fingerprint density at radius 2 is 2.10 bits per heavy atom. The number of rotatable bonds is 3. The molecule has 20 heavy (non-hydrogen) atoms. The molecule has 3 rings (SSSR count). The molecule has 0 bridgehead atoms. The van der Waals surface area contributed by atoms with Crippen molar-refractivity contribution in [3.05, 3.63) is 53.3 Å². The number of carbonyl (C=O) groups excluding carboxylic acids is 1. The van der Waals surface area contributed by atoms with Gasteiger partial charge in [0.2, 0.25) is 5.91 Å². The topological polar surface area (TPSA) is 80.9 Å². The van der Waals surface area contributed by atoms with Gasteiger partial charge in [0.15, 0.2) is 0 Å². The molecule has 1 aliphatic heterocycles. The maximum absolute atomic E-state index is 11.9. The van der Waals surface area contributed by atoms with Crippen molar-refractivity contribution < 1.29 is 4.79 Å². The summed E-state index contributed by atoms with van der Waals surface area (Å²) in [4.78, 5) is 11.9. The fraction of sp³-hybridized carbons (Fsp3) is 0.267. The van der Waals surface area contributed by atoms with Crippen LogP contribution in [0.15, 0.2) is 36.5 Å². The number of benzene rings is 1. The van der Waals surface area contributed by atoms with Gasteiger partial charge >= 0.3 is 0 Å². The van der Waals surface area contributed by atoms with Crippen LogP contribution in [0.25, 0.3) is 0 Å². The number of nitrogens with zero attached hydrogens (tertiary/aromatic N) is 2. The largest absolute Gasteiger partial charge is 0.383 e. The first kappa shape index (κ1) is 12.6. The molecule has 5 heteroatoms. The van der Waals surface area contributed by atoms with Gasteiger partial charge in [-0.1, -0.05) is 30.3 Å². The van der Waals surface area contributed by atoms with Gasteiger partial charge in [-0.05, 0) is 24.0 Å². The SMILES string of the molecule is NC(=O)C(c1ccccc1)c1nncc2c1NCCC2. The standard InChI is InChI=1S/C15H16N4O/c16-15(20)12(10-5-2-1-3-6-10)14-13-11(9-18-19-14)7-4-8-17-13/h1-3,5-6,9,12,17H,4,7-8H2,(H2,16,20). The van der Waals surface area contributed by atoms with E-state index < -0.39 is 11.8 Å². The number of nitrogens with two attached hydrogens (primary N) is 1. The van der Waals surface area contributed by atoms with Crippen LogP contribution in [0.4, 0.5) is 5.69 Å². The van der Waals surface area contributed by atoms with Crippen molar-refractivity contribution in [1.29, 1.82) is 0 Å². The second-order valence-corrected chi connectivity index (χ2v) is 4.91. The Kier molecular flexibility index (Phi) is 3.33. The van der Waals surface area contributed by atoms with Crippen LogP contribution in [0.2, 0.25) is 0 Å². The quantitative estimate of drug-likeness (QED) is 0.883. The summed E-state index contributed by atoms with van der Waals surface area (Å²) in [5.41, 5.74) is 9.08. The van der Waals surface area contributed by atoms with Gasteiger partial charge in [0, 0.05) is 6.54 Å². The van der Waals surface area contributed by atoms with Crippen LogP contribution in [0, 0.1) is 0 Å². The monoisotopic (exact) mass is 268 g/mol. The Bertz CT molecular complexity index is 627. The average Bonchev–Trinajstić information content (AvgIpc) is 2.48. The molecule has 1 aromatic carbocycles. The van der Waals surface area contributed by atoms with Crippen LogP contribution in [0.5, 0.6) is 0 Å². The van der Waals surface area contributed by atoms with Crippen LogP contribution in [0.3, 0.4) is 0 Å². The lowest BCUT2D eigenvalue weighted by atomic mass is 9.91. The van der Waals surface area contributed by atoms with Gasteiger partial charge in [-0.2, -0.15) is 10.2 Å². The van der Waals surface area contributed by atoms with Crippen molar-refractivity contribution in [3.63, 3.8) is 0 Å². The molecule has 0 spiro atoms. The van der Waals surface area contributed by atoms with E-state index in [2.05, 4.69) is 15.5 Å². The zero-order valence-corrected chi connectivity index (χ0v) is 11.0. The zero-order valence-electron chi connectivity index (χ0n) is 11.0. The molecule has 1 aliphatic rings. The van der Waals surface area contributed by atoms with Crippen molar-refractivity contribution in [2.75, 3.05) is 11.9 Å². The van der Waals surface area contributed by atoms with Gasteiger partial charge in [-0.25, -0.2) is 0 Å². The minimum Gasteiger partial charge on any atom is -0.383 e. The van der Waals surface area contributed by atoms with Crippen molar-refractivity contribution in [2.45, 2.75) is 18.8 Å². The lowest BCUT2D eigenvalue weighted by Crippen LogP contribution is -2.26. The highest BCUT2D eigenvalue weighted by molar-refractivity contribution is 5.87. The number of carbonyl (C=O) groups is 1. The first-order chi connectivity index (χ1) is 9.77. The van der Waals surface area contributed by atoms with Gasteiger partial charge in [0.25, 0.3) is 0 Å². The smallest absolute Gasteiger partial charge is 0.231 e. The van der Waals surface area contributed by atoms with Crippen LogP contribution >= 0.6 is 0 Å². The Morgan fingerprint density at radius 3 is 2.85 bits per heavy atom. The number of hydrogen-bond donors (Lipinski definition) is 2. The fourth-order valence-electron chi connectivity index (χ4n) is 2.63. The molecule has 0 fully saturated rings. The molecule has 1 amide bonds. The van der Waals surface area contributed by atoms with Gasteiger partial charge < -0.3 is 11.1 Å². The summed E-state index contributed by atoms with van der Waals surface area (Å²) in [6.45, 7) is 0.881.